The summed E-state index contributed by atoms with van der Waals surface area (Å²) in [6.45, 7) is 2.18. The predicted molar refractivity (Wildman–Crippen MR) is 510 cm³/mol. The van der Waals surface area contributed by atoms with E-state index in [9.17, 15) is 89.4 Å². The molecule has 0 saturated carbocycles. The third-order valence-corrected chi connectivity index (χ3v) is 27.6. The van der Waals surface area contributed by atoms with E-state index in [-0.39, 0.29) is 117 Å². The van der Waals surface area contributed by atoms with Gasteiger partial charge in [0.1, 0.15) is 62.0 Å². The average molecular weight is 1850 g/mol. The van der Waals surface area contributed by atoms with Crippen LogP contribution in [0.5, 0.6) is 23.0 Å². The van der Waals surface area contributed by atoms with Gasteiger partial charge in [-0.15, -0.1) is 45.3 Å². The number of hydrogen-bond donors (Lipinski definition) is 19. The van der Waals surface area contributed by atoms with Crippen LogP contribution in [0, 0.1) is 5.92 Å². The van der Waals surface area contributed by atoms with Crippen LogP contribution in [0.3, 0.4) is 0 Å². The van der Waals surface area contributed by atoms with E-state index in [4.69, 9.17) is 15.3 Å². The molecule has 2 atom stereocenters. The van der Waals surface area contributed by atoms with Crippen molar-refractivity contribution in [2.24, 2.45) is 5.92 Å². The van der Waals surface area contributed by atoms with Crippen molar-refractivity contribution in [3.8, 4) is 67.5 Å². The number of carboxylic acid groups (broad SMARTS) is 4. The number of aryl methyl sites for hydroxylation is 3. The minimum Gasteiger partial charge on any atom is -0.506 e. The van der Waals surface area contributed by atoms with Crippen molar-refractivity contribution in [3.63, 3.8) is 0 Å². The molecule has 0 amide bonds. The molecule has 27 nitrogen and oxygen atoms in total. The van der Waals surface area contributed by atoms with Gasteiger partial charge >= 0.3 is 23.9 Å². The second-order valence-electron chi connectivity index (χ2n) is 31.4. The maximum absolute atomic E-state index is 13.6. The fourth-order valence-electron chi connectivity index (χ4n) is 16.5. The lowest BCUT2D eigenvalue weighted by molar-refractivity contribution is 0.0691. The lowest BCUT2D eigenvalue weighted by atomic mass is 9.98. The van der Waals surface area contributed by atoms with Crippen molar-refractivity contribution < 1.29 is 105 Å². The molecule has 8 aromatic carbocycles. The molecule has 0 aliphatic carbocycles. The molecule has 0 radical (unpaired) electrons. The molecule has 132 heavy (non-hydrogen) atoms. The molecule has 0 aliphatic rings. The van der Waals surface area contributed by atoms with Crippen molar-refractivity contribution in [2.45, 2.75) is 77.2 Å². The first kappa shape index (κ1) is 92.1. The van der Waals surface area contributed by atoms with Gasteiger partial charge in [0.15, 0.2) is 0 Å². The van der Waals surface area contributed by atoms with E-state index in [1.54, 1.807) is 104 Å². The fourth-order valence-corrected chi connectivity index (χ4v) is 20.5. The summed E-state index contributed by atoms with van der Waals surface area (Å²) in [6, 6.07) is 54.6. The molecule has 10 heterocycles. The van der Waals surface area contributed by atoms with E-state index in [0.717, 1.165) is 143 Å². The zero-order valence-corrected chi connectivity index (χ0v) is 73.8. The lowest BCUT2D eigenvalue weighted by Crippen LogP contribution is -2.10. The molecule has 31 heteroatoms. The second kappa shape index (κ2) is 40.6. The number of rotatable bonds is 32. The zero-order chi connectivity index (χ0) is 93.3. The first-order valence-corrected chi connectivity index (χ1v) is 45.4. The van der Waals surface area contributed by atoms with Gasteiger partial charge in [-0.2, -0.15) is 0 Å². The van der Waals surface area contributed by atoms with Crippen molar-refractivity contribution in [1.29, 1.82) is 0 Å². The molecular formula is C101H88N6O21S4. The summed E-state index contributed by atoms with van der Waals surface area (Å²) in [5.74, 6) is -7.84. The van der Waals surface area contributed by atoms with Crippen LogP contribution in [0.15, 0.2) is 219 Å². The number of aromatic nitrogens is 6. The Balaban J connectivity index is 0.000000135. The van der Waals surface area contributed by atoms with Gasteiger partial charge in [-0.25, -0.2) is 19.2 Å². The van der Waals surface area contributed by atoms with Gasteiger partial charge in [0, 0.05) is 174 Å². The number of aromatic hydroxyl groups is 4. The summed E-state index contributed by atoms with van der Waals surface area (Å²) < 4.78 is 0. The van der Waals surface area contributed by atoms with E-state index in [0.29, 0.717) is 99.2 Å². The molecule has 18 rings (SSSR count). The third kappa shape index (κ3) is 18.5. The molecule has 0 fully saturated rings. The van der Waals surface area contributed by atoms with Crippen LogP contribution < -0.4 is 0 Å². The predicted octanol–water partition coefficient (Wildman–Crippen LogP) is 19.6. The minimum atomic E-state index is -1.22. The maximum Gasteiger partial charge on any atom is 0.346 e. The van der Waals surface area contributed by atoms with Crippen LogP contribution in [0.4, 0.5) is 0 Å². The van der Waals surface area contributed by atoms with E-state index < -0.39 is 53.1 Å². The number of carbonyl (C=O) groups is 8. The Hall–Kier alpha value is -14.6. The molecule has 672 valence electrons. The number of aromatic carboxylic acids is 4. The quantitative estimate of drug-likeness (QED) is 0.0137. The topological polar surface area (TPSA) is 494 Å². The number of H-pyrrole nitrogens is 6. The summed E-state index contributed by atoms with van der Waals surface area (Å²) >= 11 is 3.10. The number of unbranched alkanes of at least 4 members (excludes halogenated alkanes) is 2. The number of ketones is 4. The molecule has 0 bridgehead atoms. The smallest absolute Gasteiger partial charge is 0.346 e. The van der Waals surface area contributed by atoms with Gasteiger partial charge in [0.25, 0.3) is 0 Å². The number of carbonyl (C=O) groups excluding carboxylic acids is 4. The van der Waals surface area contributed by atoms with Crippen LogP contribution in [-0.2, 0) is 25.7 Å². The van der Waals surface area contributed by atoms with Crippen LogP contribution >= 0.6 is 45.3 Å². The Morgan fingerprint density at radius 2 is 0.614 bits per heavy atom. The molecule has 0 saturated heterocycles. The number of hydrogen-bond acceptors (Lipinski definition) is 21. The molecule has 10 aromatic heterocycles. The number of fused-ring (bicyclic) bond motifs is 6. The summed E-state index contributed by atoms with van der Waals surface area (Å²) in [5, 5.41) is 134. The Kier molecular flexibility index (Phi) is 28.3. The SMILES string of the molecule is CC(CO)Cc1cccc2c(C(=O)c3sc(C(=O)O)c(-c4ccccc4)c3O)c[nH]c12.O=C(O)c1sc(C(=O)c2c[nH]c3c(CCC(O)CCO)cccc23)c(O)c1-c1c[nH]c2ccccc12.O=C(O)c1sc(C(=O)c2c[nH]c3c(CCCCO)cccc23)c(O)c1-c1c[nH]c2ccccc12.O=C(O)c1sc(C(=O)c2c[nH]c3c(CCCCO)cccc23)c(O)c1-c1ccccc1. The van der Waals surface area contributed by atoms with Crippen LogP contribution in [-0.4, -0.2) is 176 Å². The van der Waals surface area contributed by atoms with Crippen LogP contribution in [0.1, 0.15) is 167 Å². The first-order valence-electron chi connectivity index (χ1n) is 42.1. The third-order valence-electron chi connectivity index (χ3n) is 23.0. The van der Waals surface area contributed by atoms with Gasteiger partial charge in [-0.1, -0.05) is 177 Å². The monoisotopic (exact) mass is 1850 g/mol. The number of thiophene rings is 4. The van der Waals surface area contributed by atoms with Gasteiger partial charge in [0.2, 0.25) is 23.1 Å². The Labute approximate surface area is 767 Å². The molecule has 19 N–H and O–H groups in total. The summed E-state index contributed by atoms with van der Waals surface area (Å²) in [7, 11) is 0. The number of carboxylic acids is 4. The van der Waals surface area contributed by atoms with E-state index in [1.165, 1.54) is 0 Å². The Morgan fingerprint density at radius 1 is 0.311 bits per heavy atom. The number of aliphatic hydroxyl groups excluding tert-OH is 5. The highest BCUT2D eigenvalue weighted by molar-refractivity contribution is 7.18. The average Bonchev–Trinajstić information content (AvgIpc) is 1.63. The van der Waals surface area contributed by atoms with Gasteiger partial charge in [-0.05, 0) is 116 Å². The number of aromatic amines is 6. The van der Waals surface area contributed by atoms with Crippen molar-refractivity contribution >= 4 is 158 Å². The number of benzene rings is 8. The zero-order valence-electron chi connectivity index (χ0n) is 70.6. The normalized spacial score (nSPS) is 11.8. The highest BCUT2D eigenvalue weighted by atomic mass is 32.1. The molecule has 18 aromatic rings. The minimum absolute atomic E-state index is 0.00263. The number of para-hydroxylation sites is 6. The van der Waals surface area contributed by atoms with E-state index in [1.807, 2.05) is 122 Å². The molecule has 2 unspecified atom stereocenters. The Morgan fingerprint density at radius 3 is 0.947 bits per heavy atom. The van der Waals surface area contributed by atoms with Crippen molar-refractivity contribution in [3.05, 3.63) is 303 Å². The van der Waals surface area contributed by atoms with Crippen LogP contribution in [0.2, 0.25) is 0 Å². The Bertz CT molecular complexity index is 7400. The van der Waals surface area contributed by atoms with Gasteiger partial charge in [0.05, 0.1) is 17.2 Å². The van der Waals surface area contributed by atoms with Crippen molar-refractivity contribution in [1.82, 2.24) is 29.9 Å². The van der Waals surface area contributed by atoms with E-state index in [2.05, 4.69) is 29.9 Å². The van der Waals surface area contributed by atoms with E-state index >= 15 is 0 Å². The molecular weight excluding hydrogens is 1760 g/mol. The number of nitrogens with one attached hydrogen (secondary N) is 6. The largest absolute Gasteiger partial charge is 0.506 e. The highest BCUT2D eigenvalue weighted by Crippen LogP contribution is 2.50. The maximum atomic E-state index is 13.6. The van der Waals surface area contributed by atoms with Crippen LogP contribution in [0.25, 0.3) is 110 Å². The van der Waals surface area contributed by atoms with Gasteiger partial charge in [-0.3, -0.25) is 19.2 Å². The fraction of sp³-hybridized carbons (Fsp3) is 0.168. The highest BCUT2D eigenvalue weighted by Gasteiger charge is 2.36. The standard InChI is InChI=1S/C27H24N2O6S.C26H22N2O5S.2C24H21NO5S/c30-11-10-15(31)9-8-14-4-3-6-17-19(13-29-22(14)17)23(32)26-24(33)21(25(36-26)27(34)35)18-12-28-20-7-2-1-5-16(18)20;29-11-4-3-6-14-7-5-9-16-18(13-28-21(14)16)22(30)25-23(31)20(24(34-25)26(32)33)17-12-27-19-10-2-1-8-15(17)19;1-13(12-26)10-15-8-5-9-16-17(11-25-19(15)16)20(27)23-21(28)18(22(31-23)24(29)30)14-6-3-2-4-7-14;26-12-5-4-9-15-10-6-11-16-17(13-25-19(15)16)20(27)23-21(28)18(22(31-23)24(29)30)14-7-2-1-3-8-14/h1-7,12-13,15,28-31,33H,8-11H2,(H,34,35);1-2,5,7-10,12-13,27-29,31H,3-4,6,11H2,(H,32,33);2-9,11,13,25-26,28H,10,12H2,1H3,(H,29,30);1-3,6-8,10-11,13,25-26,28H,4-5,9,12H2,(H,29,30). The summed E-state index contributed by atoms with van der Waals surface area (Å²) in [6.07, 6.45) is 15.5. The van der Waals surface area contributed by atoms with Gasteiger partial charge < -0.3 is 96.3 Å². The summed E-state index contributed by atoms with van der Waals surface area (Å²) in [4.78, 5) is 120. The lowest BCUT2D eigenvalue weighted by Gasteiger charge is -2.09. The first-order chi connectivity index (χ1) is 63.9. The molecule has 0 spiro atoms. The second-order valence-corrected chi connectivity index (χ2v) is 35.5. The molecule has 0 aliphatic heterocycles. The number of aliphatic hydroxyl groups is 5. The van der Waals surface area contributed by atoms with Crippen molar-refractivity contribution in [2.75, 3.05) is 26.4 Å². The summed E-state index contributed by atoms with van der Waals surface area (Å²) in [5.41, 5.74) is 12.9.